The predicted molar refractivity (Wildman–Crippen MR) is 99.1 cm³/mol. The van der Waals surface area contributed by atoms with E-state index >= 15 is 0 Å². The summed E-state index contributed by atoms with van der Waals surface area (Å²) in [6, 6.07) is 15.2. The maximum absolute atomic E-state index is 5.74. The van der Waals surface area contributed by atoms with Crippen molar-refractivity contribution < 1.29 is 9.47 Å². The number of benzene rings is 2. The summed E-state index contributed by atoms with van der Waals surface area (Å²) in [6.07, 6.45) is 1.59. The smallest absolute Gasteiger partial charge is 0.184 e. The number of hydrogen-bond acceptors (Lipinski definition) is 4. The topological polar surface area (TPSA) is 68.9 Å². The van der Waals surface area contributed by atoms with Crippen LogP contribution in [0.15, 0.2) is 58.1 Å². The van der Waals surface area contributed by atoms with Crippen LogP contribution in [0.4, 0.5) is 0 Å². The van der Waals surface area contributed by atoms with Crippen molar-refractivity contribution in [2.75, 3.05) is 13.2 Å². The number of para-hydroxylation sites is 1. The van der Waals surface area contributed by atoms with E-state index in [1.807, 2.05) is 48.5 Å². The maximum atomic E-state index is 5.74. The summed E-state index contributed by atoms with van der Waals surface area (Å²) < 4.78 is 12.3. The van der Waals surface area contributed by atoms with Gasteiger partial charge in [-0.05, 0) is 42.5 Å². The molecule has 3 N–H and O–H groups in total. The highest BCUT2D eigenvalue weighted by molar-refractivity contribution is 9.10. The molecule has 7 heteroatoms. The first-order valence-corrected chi connectivity index (χ1v) is 8.04. The van der Waals surface area contributed by atoms with Gasteiger partial charge in [-0.1, -0.05) is 34.1 Å². The number of rotatable bonds is 7. The molecular formula is C16H16BrN3O2S. The Morgan fingerprint density at radius 3 is 2.65 bits per heavy atom. The van der Waals surface area contributed by atoms with Crippen LogP contribution >= 0.6 is 28.1 Å². The van der Waals surface area contributed by atoms with E-state index in [1.54, 1.807) is 6.21 Å². The van der Waals surface area contributed by atoms with Crippen molar-refractivity contribution in [3.8, 4) is 11.5 Å². The van der Waals surface area contributed by atoms with Gasteiger partial charge in [-0.15, -0.1) is 0 Å². The van der Waals surface area contributed by atoms with Gasteiger partial charge in [-0.3, -0.25) is 5.43 Å². The monoisotopic (exact) mass is 393 g/mol. The summed E-state index contributed by atoms with van der Waals surface area (Å²) in [7, 11) is 0. The molecule has 0 aliphatic rings. The van der Waals surface area contributed by atoms with Gasteiger partial charge in [0.2, 0.25) is 0 Å². The van der Waals surface area contributed by atoms with Gasteiger partial charge in [0.05, 0.1) is 6.21 Å². The van der Waals surface area contributed by atoms with Crippen LogP contribution in [0.2, 0.25) is 0 Å². The highest BCUT2D eigenvalue weighted by Gasteiger charge is 2.03. The minimum absolute atomic E-state index is 0.106. The third-order valence-corrected chi connectivity index (χ3v) is 3.29. The van der Waals surface area contributed by atoms with Crippen LogP contribution in [-0.4, -0.2) is 24.5 Å². The van der Waals surface area contributed by atoms with Gasteiger partial charge >= 0.3 is 0 Å². The first-order chi connectivity index (χ1) is 11.1. The Hall–Kier alpha value is -2.12. The molecule has 120 valence electrons. The maximum Gasteiger partial charge on any atom is 0.184 e. The Balaban J connectivity index is 1.91. The summed E-state index contributed by atoms with van der Waals surface area (Å²) in [5.41, 5.74) is 8.63. The van der Waals surface area contributed by atoms with E-state index in [9.17, 15) is 0 Å². The van der Waals surface area contributed by atoms with Crippen LogP contribution in [0, 0.1) is 0 Å². The van der Waals surface area contributed by atoms with Crippen molar-refractivity contribution in [1.29, 1.82) is 0 Å². The largest absolute Gasteiger partial charge is 0.490 e. The van der Waals surface area contributed by atoms with Gasteiger partial charge in [-0.25, -0.2) is 0 Å². The number of halogens is 1. The fraction of sp³-hybridized carbons (Fsp3) is 0.125. The van der Waals surface area contributed by atoms with Crippen LogP contribution in [0.25, 0.3) is 0 Å². The molecule has 0 atom stereocenters. The predicted octanol–water partition coefficient (Wildman–Crippen LogP) is 3.07. The van der Waals surface area contributed by atoms with Gasteiger partial charge in [0.1, 0.15) is 24.7 Å². The number of ether oxygens (including phenoxy) is 2. The van der Waals surface area contributed by atoms with Crippen molar-refractivity contribution in [1.82, 2.24) is 5.43 Å². The molecule has 23 heavy (non-hydrogen) atoms. The molecule has 0 saturated heterocycles. The summed E-state index contributed by atoms with van der Waals surface area (Å²) in [5, 5.41) is 4.05. The fourth-order valence-corrected chi connectivity index (χ4v) is 2.18. The molecular weight excluding hydrogens is 378 g/mol. The van der Waals surface area contributed by atoms with Crippen molar-refractivity contribution in [2.45, 2.75) is 0 Å². The quantitative estimate of drug-likeness (QED) is 0.327. The zero-order valence-corrected chi connectivity index (χ0v) is 14.6. The zero-order chi connectivity index (χ0) is 16.5. The Bertz CT molecular complexity index is 680. The second-order valence-electron chi connectivity index (χ2n) is 4.43. The molecule has 2 aromatic rings. The molecule has 0 unspecified atom stereocenters. The second kappa shape index (κ2) is 9.12. The van der Waals surface area contributed by atoms with Gasteiger partial charge < -0.3 is 15.2 Å². The third kappa shape index (κ3) is 6.25. The van der Waals surface area contributed by atoms with Crippen molar-refractivity contribution in [3.05, 3.63) is 58.6 Å². The lowest BCUT2D eigenvalue weighted by atomic mass is 10.2. The highest BCUT2D eigenvalue weighted by atomic mass is 79.9. The Morgan fingerprint density at radius 1 is 1.17 bits per heavy atom. The molecule has 0 aliphatic carbocycles. The summed E-state index contributed by atoms with van der Waals surface area (Å²) in [6.45, 7) is 0.863. The number of nitrogens with one attached hydrogen (secondary N) is 1. The molecule has 0 spiro atoms. The fourth-order valence-electron chi connectivity index (χ4n) is 1.74. The van der Waals surface area contributed by atoms with E-state index in [0.29, 0.717) is 19.0 Å². The molecule has 0 aromatic heterocycles. The molecule has 0 saturated carbocycles. The van der Waals surface area contributed by atoms with Gasteiger partial charge in [0, 0.05) is 10.0 Å². The lowest BCUT2D eigenvalue weighted by Gasteiger charge is -2.10. The standard InChI is InChI=1S/C16H16BrN3O2S/c17-13-6-7-15(12(10-13)11-19-20-16(18)23)22-9-8-21-14-4-2-1-3-5-14/h1-7,10-11H,8-9H2,(H3,18,20,23)/b19-11-. The molecule has 0 amide bonds. The van der Waals surface area contributed by atoms with E-state index in [-0.39, 0.29) is 5.11 Å². The van der Waals surface area contributed by atoms with Gasteiger partial charge in [0.25, 0.3) is 0 Å². The third-order valence-electron chi connectivity index (χ3n) is 2.70. The summed E-state index contributed by atoms with van der Waals surface area (Å²) >= 11 is 8.11. The van der Waals surface area contributed by atoms with Crippen molar-refractivity contribution in [2.24, 2.45) is 10.8 Å². The van der Waals surface area contributed by atoms with Crippen LogP contribution in [0.5, 0.6) is 11.5 Å². The van der Waals surface area contributed by atoms with Gasteiger partial charge in [0.15, 0.2) is 5.11 Å². The molecule has 0 aliphatic heterocycles. The Kier molecular flexibility index (Phi) is 6.83. The number of hydrazone groups is 1. The molecule has 0 heterocycles. The molecule has 0 fully saturated rings. The van der Waals surface area contributed by atoms with Crippen molar-refractivity contribution in [3.63, 3.8) is 0 Å². The lowest BCUT2D eigenvalue weighted by Crippen LogP contribution is -2.24. The van der Waals surface area contributed by atoms with Crippen LogP contribution in [-0.2, 0) is 0 Å². The van der Waals surface area contributed by atoms with E-state index < -0.39 is 0 Å². The molecule has 2 aromatic carbocycles. The first-order valence-electron chi connectivity index (χ1n) is 6.84. The summed E-state index contributed by atoms with van der Waals surface area (Å²) in [5.74, 6) is 1.51. The van der Waals surface area contributed by atoms with Gasteiger partial charge in [-0.2, -0.15) is 5.10 Å². The van der Waals surface area contributed by atoms with E-state index in [0.717, 1.165) is 15.8 Å². The van der Waals surface area contributed by atoms with Crippen LogP contribution < -0.4 is 20.6 Å². The normalized spacial score (nSPS) is 10.5. The zero-order valence-electron chi connectivity index (χ0n) is 12.2. The lowest BCUT2D eigenvalue weighted by molar-refractivity contribution is 0.217. The average Bonchev–Trinajstić information content (AvgIpc) is 2.54. The van der Waals surface area contributed by atoms with Crippen LogP contribution in [0.3, 0.4) is 0 Å². The van der Waals surface area contributed by atoms with Crippen LogP contribution in [0.1, 0.15) is 5.56 Å². The highest BCUT2D eigenvalue weighted by Crippen LogP contribution is 2.21. The number of nitrogens with zero attached hydrogens (tertiary/aromatic N) is 1. The number of thiocarbonyl (C=S) groups is 1. The second-order valence-corrected chi connectivity index (χ2v) is 5.78. The molecule has 0 radical (unpaired) electrons. The Morgan fingerprint density at radius 2 is 1.91 bits per heavy atom. The minimum atomic E-state index is 0.106. The first kappa shape index (κ1) is 17.2. The summed E-state index contributed by atoms with van der Waals surface area (Å²) in [4.78, 5) is 0. The molecule has 2 rings (SSSR count). The van der Waals surface area contributed by atoms with Crippen molar-refractivity contribution >= 4 is 39.5 Å². The average molecular weight is 394 g/mol. The SMILES string of the molecule is NC(=S)N/N=C\c1cc(Br)ccc1OCCOc1ccccc1. The van der Waals surface area contributed by atoms with E-state index in [2.05, 4.69) is 26.5 Å². The number of nitrogens with two attached hydrogens (primary N) is 1. The van der Waals surface area contributed by atoms with E-state index in [4.69, 9.17) is 27.4 Å². The Labute approximate surface area is 148 Å². The minimum Gasteiger partial charge on any atom is -0.490 e. The molecule has 0 bridgehead atoms. The molecule has 5 nitrogen and oxygen atoms in total. The number of hydrogen-bond donors (Lipinski definition) is 2. The van der Waals surface area contributed by atoms with E-state index in [1.165, 1.54) is 0 Å².